The van der Waals surface area contributed by atoms with E-state index in [0.29, 0.717) is 12.3 Å². The minimum Gasteiger partial charge on any atom is -0.493 e. The van der Waals surface area contributed by atoms with Crippen LogP contribution in [0.1, 0.15) is 32.4 Å². The van der Waals surface area contributed by atoms with E-state index >= 15 is 0 Å². The summed E-state index contributed by atoms with van der Waals surface area (Å²) >= 11 is 1.48. The number of amides is 1. The van der Waals surface area contributed by atoms with Crippen molar-refractivity contribution in [2.24, 2.45) is 0 Å². The lowest BCUT2D eigenvalue weighted by Crippen LogP contribution is -2.40. The Morgan fingerprint density at radius 3 is 2.44 bits per heavy atom. The molecule has 4 nitrogen and oxygen atoms in total. The van der Waals surface area contributed by atoms with Crippen molar-refractivity contribution < 1.29 is 14.3 Å². The average molecular weight is 379 g/mol. The van der Waals surface area contributed by atoms with Gasteiger partial charge in [-0.1, -0.05) is 36.4 Å². The highest BCUT2D eigenvalue weighted by molar-refractivity contribution is 7.12. The molecule has 1 amide bonds. The smallest absolute Gasteiger partial charge is 0.264 e. The van der Waals surface area contributed by atoms with Gasteiger partial charge in [-0.2, -0.15) is 0 Å². The summed E-state index contributed by atoms with van der Waals surface area (Å²) in [5.41, 5.74) is 3.38. The Morgan fingerprint density at radius 2 is 1.78 bits per heavy atom. The summed E-state index contributed by atoms with van der Waals surface area (Å²) in [6, 6.07) is 17.9. The molecule has 27 heavy (non-hydrogen) atoms. The molecule has 1 aliphatic rings. The summed E-state index contributed by atoms with van der Waals surface area (Å²) in [6.07, 6.45) is 0.788. The topological polar surface area (TPSA) is 38.8 Å². The maximum atomic E-state index is 13.2. The van der Waals surface area contributed by atoms with Crippen molar-refractivity contribution in [1.82, 2.24) is 4.90 Å². The third kappa shape index (κ3) is 3.19. The average Bonchev–Trinajstić information content (AvgIpc) is 3.26. The summed E-state index contributed by atoms with van der Waals surface area (Å²) in [7, 11) is 3.29. The van der Waals surface area contributed by atoms with Gasteiger partial charge in [0.25, 0.3) is 5.91 Å². The van der Waals surface area contributed by atoms with Crippen molar-refractivity contribution in [2.45, 2.75) is 12.5 Å². The van der Waals surface area contributed by atoms with Gasteiger partial charge in [-0.25, -0.2) is 0 Å². The van der Waals surface area contributed by atoms with Gasteiger partial charge in [-0.3, -0.25) is 4.79 Å². The highest BCUT2D eigenvalue weighted by Crippen LogP contribution is 2.41. The van der Waals surface area contributed by atoms with Gasteiger partial charge in [-0.05, 0) is 46.7 Å². The number of benzene rings is 2. The van der Waals surface area contributed by atoms with Crippen LogP contribution in [0.15, 0.2) is 60.0 Å². The number of methoxy groups -OCH3 is 2. The first kappa shape index (κ1) is 17.6. The van der Waals surface area contributed by atoms with E-state index in [9.17, 15) is 4.79 Å². The number of rotatable bonds is 4. The van der Waals surface area contributed by atoms with Crippen LogP contribution in [-0.2, 0) is 6.42 Å². The molecule has 1 aromatic heterocycles. The fourth-order valence-corrected chi connectivity index (χ4v) is 4.38. The molecule has 0 spiro atoms. The lowest BCUT2D eigenvalue weighted by Gasteiger charge is -2.38. The molecule has 5 heteroatoms. The van der Waals surface area contributed by atoms with E-state index < -0.39 is 0 Å². The molecule has 4 rings (SSSR count). The van der Waals surface area contributed by atoms with Crippen LogP contribution in [0.5, 0.6) is 11.5 Å². The molecule has 3 aromatic rings. The molecule has 0 bridgehead atoms. The number of nitrogens with zero attached hydrogens (tertiary/aromatic N) is 1. The third-order valence-corrected chi connectivity index (χ3v) is 5.84. The molecular formula is C22H21NO3S. The SMILES string of the molecule is COc1cc2c(cc1OC)C(c1ccccc1)N(C(=O)c1cccs1)CC2. The lowest BCUT2D eigenvalue weighted by molar-refractivity contribution is 0.0699. The van der Waals surface area contributed by atoms with Gasteiger partial charge in [0, 0.05) is 6.54 Å². The lowest BCUT2D eigenvalue weighted by atomic mass is 9.87. The Bertz CT molecular complexity index is 938. The molecule has 0 saturated carbocycles. The van der Waals surface area contributed by atoms with Crippen molar-refractivity contribution in [3.63, 3.8) is 0 Å². The number of thiophene rings is 1. The van der Waals surface area contributed by atoms with E-state index in [4.69, 9.17) is 9.47 Å². The van der Waals surface area contributed by atoms with Crippen LogP contribution in [0.4, 0.5) is 0 Å². The first-order valence-corrected chi connectivity index (χ1v) is 9.75. The molecule has 0 N–H and O–H groups in total. The van der Waals surface area contributed by atoms with Gasteiger partial charge in [-0.15, -0.1) is 11.3 Å². The second-order valence-electron chi connectivity index (χ2n) is 6.45. The Labute approximate surface area is 163 Å². The number of hydrogen-bond acceptors (Lipinski definition) is 4. The zero-order chi connectivity index (χ0) is 18.8. The van der Waals surface area contributed by atoms with Gasteiger partial charge < -0.3 is 14.4 Å². The molecular weight excluding hydrogens is 358 g/mol. The van der Waals surface area contributed by atoms with Crippen LogP contribution in [0.2, 0.25) is 0 Å². The Kier molecular flexibility index (Phi) is 4.86. The van der Waals surface area contributed by atoms with Crippen molar-refractivity contribution in [1.29, 1.82) is 0 Å². The molecule has 0 saturated heterocycles. The van der Waals surface area contributed by atoms with E-state index in [1.165, 1.54) is 16.9 Å². The Hall–Kier alpha value is -2.79. The fraction of sp³-hybridized carbons (Fsp3) is 0.227. The molecule has 2 heterocycles. The van der Waals surface area contributed by atoms with Crippen LogP contribution in [0.25, 0.3) is 0 Å². The van der Waals surface area contributed by atoms with Gasteiger partial charge in [0.15, 0.2) is 11.5 Å². The third-order valence-electron chi connectivity index (χ3n) is 4.98. The number of carbonyl (C=O) groups is 1. The van der Waals surface area contributed by atoms with Crippen LogP contribution in [0, 0.1) is 0 Å². The van der Waals surface area contributed by atoms with E-state index in [-0.39, 0.29) is 11.9 Å². The Balaban J connectivity index is 1.85. The van der Waals surface area contributed by atoms with Crippen LogP contribution < -0.4 is 9.47 Å². The summed E-state index contributed by atoms with van der Waals surface area (Å²) in [5, 5.41) is 1.94. The molecule has 1 unspecified atom stereocenters. The summed E-state index contributed by atoms with van der Waals surface area (Å²) in [5.74, 6) is 1.47. The molecule has 2 aromatic carbocycles. The number of carbonyl (C=O) groups excluding carboxylic acids is 1. The van der Waals surface area contributed by atoms with Crippen molar-refractivity contribution in [3.05, 3.63) is 81.5 Å². The normalized spacial score (nSPS) is 15.9. The van der Waals surface area contributed by atoms with Gasteiger partial charge in [0.2, 0.25) is 0 Å². The minimum atomic E-state index is -0.149. The first-order valence-electron chi connectivity index (χ1n) is 8.87. The number of fused-ring (bicyclic) bond motifs is 1. The Morgan fingerprint density at radius 1 is 1.04 bits per heavy atom. The molecule has 0 radical (unpaired) electrons. The van der Waals surface area contributed by atoms with E-state index in [0.717, 1.165) is 28.2 Å². The monoisotopic (exact) mass is 379 g/mol. The number of hydrogen-bond donors (Lipinski definition) is 0. The maximum Gasteiger partial charge on any atom is 0.264 e. The van der Waals surface area contributed by atoms with Crippen LogP contribution in [0.3, 0.4) is 0 Å². The first-order chi connectivity index (χ1) is 13.2. The van der Waals surface area contributed by atoms with Gasteiger partial charge in [0.05, 0.1) is 25.1 Å². The van der Waals surface area contributed by atoms with Gasteiger partial charge >= 0.3 is 0 Å². The van der Waals surface area contributed by atoms with E-state index in [1.54, 1.807) is 14.2 Å². The van der Waals surface area contributed by atoms with E-state index in [1.807, 2.05) is 52.7 Å². The predicted octanol–water partition coefficient (Wildman–Crippen LogP) is 4.55. The fourth-order valence-electron chi connectivity index (χ4n) is 3.70. The predicted molar refractivity (Wildman–Crippen MR) is 107 cm³/mol. The van der Waals surface area contributed by atoms with Crippen LogP contribution >= 0.6 is 11.3 Å². The zero-order valence-electron chi connectivity index (χ0n) is 15.3. The second kappa shape index (κ2) is 7.45. The molecule has 0 fully saturated rings. The maximum absolute atomic E-state index is 13.2. The highest BCUT2D eigenvalue weighted by Gasteiger charge is 2.34. The highest BCUT2D eigenvalue weighted by atomic mass is 32.1. The molecule has 138 valence electrons. The zero-order valence-corrected chi connectivity index (χ0v) is 16.2. The summed E-state index contributed by atoms with van der Waals surface area (Å²) in [4.78, 5) is 15.9. The second-order valence-corrected chi connectivity index (χ2v) is 7.39. The van der Waals surface area contributed by atoms with Crippen molar-refractivity contribution in [3.8, 4) is 11.5 Å². The van der Waals surface area contributed by atoms with Gasteiger partial charge in [0.1, 0.15) is 0 Å². The largest absolute Gasteiger partial charge is 0.493 e. The quantitative estimate of drug-likeness (QED) is 0.667. The summed E-state index contributed by atoms with van der Waals surface area (Å²) in [6.45, 7) is 0.665. The van der Waals surface area contributed by atoms with Crippen molar-refractivity contribution in [2.75, 3.05) is 20.8 Å². The minimum absolute atomic E-state index is 0.0688. The standard InChI is InChI=1S/C22H21NO3S/c1-25-18-13-16-10-11-23(22(24)20-9-6-12-27-20)21(15-7-4-3-5-8-15)17(16)14-19(18)26-2/h3-9,12-14,21H,10-11H2,1-2H3. The molecule has 1 atom stereocenters. The molecule has 0 aliphatic carbocycles. The molecule has 1 aliphatic heterocycles. The summed E-state index contributed by atoms with van der Waals surface area (Å²) < 4.78 is 11.0. The van der Waals surface area contributed by atoms with Crippen LogP contribution in [-0.4, -0.2) is 31.6 Å². The van der Waals surface area contributed by atoms with E-state index in [2.05, 4.69) is 12.1 Å². The number of ether oxygens (including phenoxy) is 2. The van der Waals surface area contributed by atoms with Crippen molar-refractivity contribution >= 4 is 17.2 Å².